The van der Waals surface area contributed by atoms with Crippen LogP contribution < -0.4 is 4.90 Å². The van der Waals surface area contributed by atoms with Crippen LogP contribution in [0.4, 0.5) is 5.69 Å². The van der Waals surface area contributed by atoms with Crippen molar-refractivity contribution in [2.45, 2.75) is 31.6 Å². The fourth-order valence-electron chi connectivity index (χ4n) is 3.72. The molecule has 0 spiro atoms. The fourth-order valence-corrected chi connectivity index (χ4v) is 7.81. The second-order valence-electron chi connectivity index (χ2n) is 7.55. The smallest absolute Gasteiger partial charge is 0.252 e. The highest BCUT2D eigenvalue weighted by atomic mass is 35.5. The zero-order valence-electron chi connectivity index (χ0n) is 16.1. The van der Waals surface area contributed by atoms with Gasteiger partial charge in [-0.05, 0) is 37.1 Å². The second kappa shape index (κ2) is 7.78. The molecule has 4 rings (SSSR count). The minimum Gasteiger partial charge on any atom is -0.315 e. The Hall–Kier alpha value is -1.83. The summed E-state index contributed by atoms with van der Waals surface area (Å²) < 4.78 is 24.4. The van der Waals surface area contributed by atoms with Crippen molar-refractivity contribution in [2.75, 3.05) is 16.4 Å². The van der Waals surface area contributed by atoms with Crippen LogP contribution in [0.15, 0.2) is 47.5 Å². The van der Waals surface area contributed by atoms with Crippen molar-refractivity contribution in [1.29, 1.82) is 0 Å². The van der Waals surface area contributed by atoms with E-state index in [0.29, 0.717) is 10.2 Å². The summed E-state index contributed by atoms with van der Waals surface area (Å²) in [5.74, 6) is -0.0883. The maximum atomic E-state index is 12.7. The Bertz CT molecular complexity index is 1100. The molecule has 0 saturated carbocycles. The predicted octanol–water partition coefficient (Wildman–Crippen LogP) is 3.80. The first-order valence-electron chi connectivity index (χ1n) is 9.31. The number of hydrogen-bond donors (Lipinski definition) is 0. The number of aliphatic imine (C=N–C) groups is 1. The number of amides is 1. The van der Waals surface area contributed by atoms with E-state index in [1.165, 1.54) is 11.8 Å². The molecule has 152 valence electrons. The molecule has 5 nitrogen and oxygen atoms in total. The van der Waals surface area contributed by atoms with Crippen molar-refractivity contribution in [3.8, 4) is 0 Å². The lowest BCUT2D eigenvalue weighted by Crippen LogP contribution is -2.38. The SMILES string of the molecule is Cc1ccc(CC(=O)N=C2S[C@H]3CS(=O)(=O)C[C@H]3N2c2cc(Cl)ccc2C)cc1. The minimum absolute atomic E-state index is 0.0573. The van der Waals surface area contributed by atoms with Crippen LogP contribution in [0.1, 0.15) is 16.7 Å². The Kier molecular flexibility index (Phi) is 5.48. The number of halogens is 1. The molecule has 2 saturated heterocycles. The normalized spacial score (nSPS) is 24.1. The summed E-state index contributed by atoms with van der Waals surface area (Å²) in [5.41, 5.74) is 3.80. The maximum absolute atomic E-state index is 12.7. The van der Waals surface area contributed by atoms with Gasteiger partial charge in [0.2, 0.25) is 0 Å². The number of rotatable bonds is 3. The van der Waals surface area contributed by atoms with E-state index in [1.807, 2.05) is 55.1 Å². The van der Waals surface area contributed by atoms with Gasteiger partial charge in [-0.2, -0.15) is 4.99 Å². The molecule has 0 radical (unpaired) electrons. The average molecular weight is 449 g/mol. The van der Waals surface area contributed by atoms with E-state index in [-0.39, 0.29) is 35.1 Å². The van der Waals surface area contributed by atoms with E-state index >= 15 is 0 Å². The number of sulfone groups is 1. The molecule has 1 amide bonds. The highest BCUT2D eigenvalue weighted by molar-refractivity contribution is 8.16. The van der Waals surface area contributed by atoms with Crippen LogP contribution >= 0.6 is 23.4 Å². The number of anilines is 1. The number of fused-ring (bicyclic) bond motifs is 1. The quantitative estimate of drug-likeness (QED) is 0.714. The van der Waals surface area contributed by atoms with Crippen LogP contribution in [0, 0.1) is 13.8 Å². The number of amidine groups is 1. The van der Waals surface area contributed by atoms with E-state index < -0.39 is 9.84 Å². The lowest BCUT2D eigenvalue weighted by atomic mass is 10.1. The molecule has 2 aromatic carbocycles. The third-order valence-corrected chi connectivity index (χ3v) is 8.64. The summed E-state index contributed by atoms with van der Waals surface area (Å²) in [7, 11) is -3.11. The lowest BCUT2D eigenvalue weighted by Gasteiger charge is -2.26. The number of benzene rings is 2. The first-order chi connectivity index (χ1) is 13.7. The fraction of sp³-hybridized carbons (Fsp3) is 0.333. The van der Waals surface area contributed by atoms with E-state index in [4.69, 9.17) is 11.6 Å². The standard InChI is InChI=1S/C21H21ClN2O3S2/c1-13-3-6-15(7-4-13)9-20(25)23-21-24(17-10-16(22)8-5-14(17)2)18-11-29(26,27)12-19(18)28-21/h3-8,10,18-19H,9,11-12H2,1-2H3/t18-,19+/m1/s1. The number of thioether (sulfide) groups is 1. The molecular formula is C21H21ClN2O3S2. The van der Waals surface area contributed by atoms with Crippen LogP contribution in [-0.4, -0.2) is 42.3 Å². The van der Waals surface area contributed by atoms with Gasteiger partial charge in [0, 0.05) is 16.0 Å². The van der Waals surface area contributed by atoms with Gasteiger partial charge in [-0.25, -0.2) is 8.42 Å². The van der Waals surface area contributed by atoms with Gasteiger partial charge < -0.3 is 4.90 Å². The largest absolute Gasteiger partial charge is 0.315 e. The molecule has 0 aliphatic carbocycles. The van der Waals surface area contributed by atoms with Gasteiger partial charge in [0.05, 0.1) is 24.0 Å². The molecular weight excluding hydrogens is 428 g/mol. The number of carbonyl (C=O) groups is 1. The van der Waals surface area contributed by atoms with Gasteiger partial charge in [-0.15, -0.1) is 0 Å². The van der Waals surface area contributed by atoms with E-state index in [0.717, 1.165) is 22.4 Å². The number of hydrogen-bond acceptors (Lipinski definition) is 4. The average Bonchev–Trinajstić information content (AvgIpc) is 3.10. The maximum Gasteiger partial charge on any atom is 0.252 e. The topological polar surface area (TPSA) is 66.8 Å². The summed E-state index contributed by atoms with van der Waals surface area (Å²) in [4.78, 5) is 18.9. The van der Waals surface area contributed by atoms with Gasteiger partial charge in [0.25, 0.3) is 5.91 Å². The second-order valence-corrected chi connectivity index (χ2v) is 11.3. The molecule has 2 aliphatic rings. The lowest BCUT2D eigenvalue weighted by molar-refractivity contribution is -0.117. The third-order valence-electron chi connectivity index (χ3n) is 5.19. The van der Waals surface area contributed by atoms with Gasteiger partial charge >= 0.3 is 0 Å². The molecule has 0 bridgehead atoms. The van der Waals surface area contributed by atoms with E-state index in [1.54, 1.807) is 6.07 Å². The molecule has 0 aromatic heterocycles. The zero-order chi connectivity index (χ0) is 20.8. The Morgan fingerprint density at radius 1 is 1.17 bits per heavy atom. The van der Waals surface area contributed by atoms with Crippen molar-refractivity contribution in [3.05, 3.63) is 64.2 Å². The van der Waals surface area contributed by atoms with Crippen molar-refractivity contribution in [2.24, 2.45) is 4.99 Å². The minimum atomic E-state index is -3.11. The molecule has 2 fully saturated rings. The molecule has 0 N–H and O–H groups in total. The van der Waals surface area contributed by atoms with E-state index in [2.05, 4.69) is 4.99 Å². The Balaban J connectivity index is 1.67. The third kappa shape index (κ3) is 4.37. The van der Waals surface area contributed by atoms with Crippen LogP contribution in [0.2, 0.25) is 5.02 Å². The molecule has 0 unspecified atom stereocenters. The highest BCUT2D eigenvalue weighted by Crippen LogP contribution is 2.42. The number of nitrogens with zero attached hydrogens (tertiary/aromatic N) is 2. The summed E-state index contributed by atoms with van der Waals surface area (Å²) in [6.07, 6.45) is 0.209. The Labute approximate surface area is 180 Å². The van der Waals surface area contributed by atoms with Crippen molar-refractivity contribution in [3.63, 3.8) is 0 Å². The monoisotopic (exact) mass is 448 g/mol. The van der Waals surface area contributed by atoms with Crippen LogP contribution in [0.3, 0.4) is 0 Å². The summed E-state index contributed by atoms with van der Waals surface area (Å²) in [6, 6.07) is 13.0. The number of carbonyl (C=O) groups excluding carboxylic acids is 1. The number of aryl methyl sites for hydroxylation is 2. The molecule has 2 atom stereocenters. The van der Waals surface area contributed by atoms with Crippen LogP contribution in [-0.2, 0) is 21.1 Å². The van der Waals surface area contributed by atoms with Crippen molar-refractivity contribution < 1.29 is 13.2 Å². The predicted molar refractivity (Wildman–Crippen MR) is 120 cm³/mol. The van der Waals surface area contributed by atoms with Crippen LogP contribution in [0.25, 0.3) is 0 Å². The first kappa shape index (κ1) is 20.4. The highest BCUT2D eigenvalue weighted by Gasteiger charge is 2.49. The van der Waals surface area contributed by atoms with E-state index in [9.17, 15) is 13.2 Å². The summed E-state index contributed by atoms with van der Waals surface area (Å²) in [5, 5.41) is 0.979. The van der Waals surface area contributed by atoms with Gasteiger partial charge in [0.15, 0.2) is 15.0 Å². The molecule has 2 heterocycles. The zero-order valence-corrected chi connectivity index (χ0v) is 18.5. The van der Waals surface area contributed by atoms with Crippen molar-refractivity contribution >= 4 is 50.0 Å². The molecule has 8 heteroatoms. The molecule has 29 heavy (non-hydrogen) atoms. The Morgan fingerprint density at radius 3 is 2.62 bits per heavy atom. The summed E-state index contributed by atoms with van der Waals surface area (Å²) >= 11 is 7.58. The molecule has 2 aliphatic heterocycles. The van der Waals surface area contributed by atoms with Gasteiger partial charge in [-0.3, -0.25) is 4.79 Å². The Morgan fingerprint density at radius 2 is 1.90 bits per heavy atom. The van der Waals surface area contributed by atoms with Gasteiger partial charge in [-0.1, -0.05) is 59.3 Å². The van der Waals surface area contributed by atoms with Crippen LogP contribution in [0.5, 0.6) is 0 Å². The molecule has 2 aromatic rings. The summed E-state index contributed by atoms with van der Waals surface area (Å²) in [6.45, 7) is 3.94. The van der Waals surface area contributed by atoms with Crippen molar-refractivity contribution in [1.82, 2.24) is 0 Å². The van der Waals surface area contributed by atoms with Gasteiger partial charge in [0.1, 0.15) is 0 Å². The first-order valence-corrected chi connectivity index (χ1v) is 12.4.